The number of carbonyl (C=O) groups is 1. The number of anilines is 1. The van der Waals surface area contributed by atoms with Gasteiger partial charge in [-0.15, -0.1) is 11.3 Å². The first-order valence-corrected chi connectivity index (χ1v) is 8.70. The highest BCUT2D eigenvalue weighted by Crippen LogP contribution is 2.27. The summed E-state index contributed by atoms with van der Waals surface area (Å²) in [5.74, 6) is 0.586. The van der Waals surface area contributed by atoms with Crippen molar-refractivity contribution in [2.45, 2.75) is 38.9 Å². The van der Waals surface area contributed by atoms with Crippen LogP contribution in [0.5, 0.6) is 11.8 Å². The summed E-state index contributed by atoms with van der Waals surface area (Å²) in [5, 5.41) is 3.27. The Morgan fingerprint density at radius 1 is 1.48 bits per heavy atom. The van der Waals surface area contributed by atoms with E-state index in [0.717, 1.165) is 4.88 Å². The van der Waals surface area contributed by atoms with Crippen molar-refractivity contribution in [3.8, 4) is 11.8 Å². The lowest BCUT2D eigenvalue weighted by molar-refractivity contribution is -0.114. The van der Waals surface area contributed by atoms with Crippen LogP contribution in [0.3, 0.4) is 0 Å². The van der Waals surface area contributed by atoms with E-state index in [2.05, 4.69) is 32.1 Å². The van der Waals surface area contributed by atoms with Gasteiger partial charge in [0.15, 0.2) is 5.13 Å². The summed E-state index contributed by atoms with van der Waals surface area (Å²) in [7, 11) is 1.52. The van der Waals surface area contributed by atoms with E-state index in [-0.39, 0.29) is 11.9 Å². The number of hydrogen-bond donors (Lipinski definition) is 1. The second-order valence-corrected chi connectivity index (χ2v) is 6.93. The van der Waals surface area contributed by atoms with Crippen LogP contribution in [0.2, 0.25) is 0 Å². The molecule has 1 aliphatic rings. The monoisotopic (exact) mass is 364 g/mol. The van der Waals surface area contributed by atoms with Crippen LogP contribution in [0.15, 0.2) is 18.6 Å². The second-order valence-electron chi connectivity index (χ2n) is 5.81. The number of nitrogens with zero attached hydrogens (tertiary/aromatic N) is 4. The molecule has 1 N–H and O–H groups in total. The number of thiazole rings is 1. The summed E-state index contributed by atoms with van der Waals surface area (Å²) in [4.78, 5) is 26.5. The van der Waals surface area contributed by atoms with E-state index in [1.54, 1.807) is 12.3 Å². The molecule has 0 saturated carbocycles. The van der Waals surface area contributed by atoms with Crippen molar-refractivity contribution in [1.29, 1.82) is 0 Å². The Labute approximate surface area is 151 Å². The highest BCUT2D eigenvalue weighted by Gasteiger charge is 2.31. The summed E-state index contributed by atoms with van der Waals surface area (Å²) in [6.07, 6.45) is 2.57. The zero-order chi connectivity index (χ0) is 18.7. The van der Waals surface area contributed by atoms with Crippen LogP contribution in [-0.2, 0) is 11.3 Å². The first-order valence-electron chi connectivity index (χ1n) is 8.38. The van der Waals surface area contributed by atoms with Crippen LogP contribution >= 0.6 is 11.3 Å². The van der Waals surface area contributed by atoms with E-state index in [9.17, 15) is 4.79 Å². The number of likely N-dealkylation sites (tertiary alicyclic amines) is 1. The maximum absolute atomic E-state index is 11.1. The minimum Gasteiger partial charge on any atom is -0.481 e. The predicted molar refractivity (Wildman–Crippen MR) is 93.9 cm³/mol. The van der Waals surface area contributed by atoms with Gasteiger partial charge < -0.3 is 14.8 Å². The van der Waals surface area contributed by atoms with E-state index in [4.69, 9.17) is 10.8 Å². The second kappa shape index (κ2) is 7.75. The molecule has 0 spiro atoms. The Hall–Kier alpha value is -2.26. The van der Waals surface area contributed by atoms with Gasteiger partial charge in [-0.25, -0.2) is 15.0 Å². The zero-order valence-electron chi connectivity index (χ0n) is 15.4. The summed E-state index contributed by atoms with van der Waals surface area (Å²) < 4.78 is 19.5. The number of rotatable bonds is 6. The van der Waals surface area contributed by atoms with Gasteiger partial charge in [0.05, 0.1) is 14.5 Å². The van der Waals surface area contributed by atoms with E-state index in [1.807, 2.05) is 0 Å². The van der Waals surface area contributed by atoms with Gasteiger partial charge in [0.25, 0.3) is 0 Å². The fraction of sp³-hybridized carbons (Fsp3) is 0.500. The van der Waals surface area contributed by atoms with Crippen LogP contribution in [0, 0.1) is 0 Å². The topological polar surface area (TPSA) is 89.5 Å². The molecule has 2 atom stereocenters. The maximum atomic E-state index is 11.1. The van der Waals surface area contributed by atoms with Crippen molar-refractivity contribution in [2.24, 2.45) is 0 Å². The van der Waals surface area contributed by atoms with Crippen molar-refractivity contribution in [3.05, 3.63) is 23.5 Å². The first kappa shape index (κ1) is 16.2. The molecule has 0 radical (unpaired) electrons. The van der Waals surface area contributed by atoms with Crippen LogP contribution < -0.4 is 14.8 Å². The molecule has 2 aromatic heterocycles. The van der Waals surface area contributed by atoms with Gasteiger partial charge >= 0.3 is 0 Å². The fourth-order valence-electron chi connectivity index (χ4n) is 2.62. The van der Waals surface area contributed by atoms with Crippen LogP contribution in [0.25, 0.3) is 0 Å². The van der Waals surface area contributed by atoms with Gasteiger partial charge in [0.1, 0.15) is 12.4 Å². The predicted octanol–water partition coefficient (Wildman–Crippen LogP) is 1.94. The molecule has 1 fully saturated rings. The molecule has 25 heavy (non-hydrogen) atoms. The third-order valence-corrected chi connectivity index (χ3v) is 4.69. The molecule has 3 heterocycles. The summed E-state index contributed by atoms with van der Waals surface area (Å²) >= 11 is 1.44. The zero-order valence-corrected chi connectivity index (χ0v) is 15.2. The number of amides is 1. The standard InChI is InChI=1S/C16H21N5O3S/c1-10-4-12(24-15-5-14(23-3)18-9-19-15)7-21(10)8-13-6-17-16(25-13)20-11(2)22/h5-6,9-10,12H,4,7-8H2,1-3H3,(H,17,20,22)/t10-,12+/m0/s1/i12D. The van der Waals surface area contributed by atoms with Crippen molar-refractivity contribution in [3.63, 3.8) is 0 Å². The summed E-state index contributed by atoms with van der Waals surface area (Å²) in [6.45, 7) is 4.61. The molecule has 0 unspecified atom stereocenters. The lowest BCUT2D eigenvalue weighted by Crippen LogP contribution is -2.27. The number of methoxy groups -OCH3 is 1. The number of nitrogens with one attached hydrogen (secondary N) is 1. The van der Waals surface area contributed by atoms with Gasteiger partial charge in [-0.2, -0.15) is 0 Å². The van der Waals surface area contributed by atoms with Crippen LogP contribution in [-0.4, -0.2) is 51.5 Å². The van der Waals surface area contributed by atoms with E-state index >= 15 is 0 Å². The number of aromatic nitrogens is 3. The van der Waals surface area contributed by atoms with Gasteiger partial charge in [0.2, 0.25) is 17.7 Å². The molecule has 1 amide bonds. The number of hydrogen-bond acceptors (Lipinski definition) is 8. The molecular formula is C16H21N5O3S. The molecule has 0 bridgehead atoms. The molecule has 8 nitrogen and oxygen atoms in total. The Balaban J connectivity index is 1.64. The first-order chi connectivity index (χ1) is 12.4. The highest BCUT2D eigenvalue weighted by molar-refractivity contribution is 7.15. The summed E-state index contributed by atoms with van der Waals surface area (Å²) in [6, 6.07) is 1.74. The molecule has 1 aliphatic heterocycles. The molecule has 0 aromatic carbocycles. The van der Waals surface area contributed by atoms with Crippen LogP contribution in [0.1, 0.15) is 26.5 Å². The Kier molecular flexibility index (Phi) is 5.03. The Bertz CT molecular complexity index is 789. The van der Waals surface area contributed by atoms with Gasteiger partial charge in [-0.05, 0) is 6.92 Å². The van der Waals surface area contributed by atoms with Crippen molar-refractivity contribution in [1.82, 2.24) is 19.9 Å². The Morgan fingerprint density at radius 2 is 2.28 bits per heavy atom. The SMILES string of the molecule is [2H][C@@]1(Oc2cc(OC)ncn2)C[C@H](C)N(Cc2cnc(NC(C)=O)s2)C1. The lowest BCUT2D eigenvalue weighted by Gasteiger charge is -2.19. The van der Waals surface area contributed by atoms with Crippen LogP contribution in [0.4, 0.5) is 5.13 Å². The van der Waals surface area contributed by atoms with Gasteiger partial charge in [0, 0.05) is 43.5 Å². The smallest absolute Gasteiger partial charge is 0.223 e. The van der Waals surface area contributed by atoms with Gasteiger partial charge in [-0.1, -0.05) is 0 Å². The molecule has 2 aromatic rings. The fourth-order valence-corrected chi connectivity index (χ4v) is 3.50. The molecule has 0 aliphatic carbocycles. The third kappa shape index (κ3) is 4.64. The van der Waals surface area contributed by atoms with E-state index < -0.39 is 6.08 Å². The third-order valence-electron chi connectivity index (χ3n) is 3.80. The van der Waals surface area contributed by atoms with Crippen molar-refractivity contribution >= 4 is 22.4 Å². The van der Waals surface area contributed by atoms with Gasteiger partial charge in [-0.3, -0.25) is 9.69 Å². The minimum absolute atomic E-state index is 0.140. The number of carbonyl (C=O) groups excluding carboxylic acids is 1. The molecule has 3 rings (SSSR count). The summed E-state index contributed by atoms with van der Waals surface area (Å²) in [5.41, 5.74) is 0. The molecule has 134 valence electrons. The number of ether oxygens (including phenoxy) is 2. The van der Waals surface area contributed by atoms with Crippen molar-refractivity contribution in [2.75, 3.05) is 19.0 Å². The Morgan fingerprint density at radius 3 is 3.04 bits per heavy atom. The normalized spacial score (nSPS) is 24.0. The molecule has 9 heteroatoms. The van der Waals surface area contributed by atoms with E-state index in [0.29, 0.717) is 36.4 Å². The quantitative estimate of drug-likeness (QED) is 0.838. The minimum atomic E-state index is -1.09. The molecular weight excluding hydrogens is 342 g/mol. The lowest BCUT2D eigenvalue weighted by atomic mass is 10.2. The average molecular weight is 364 g/mol. The molecule has 1 saturated heterocycles. The maximum Gasteiger partial charge on any atom is 0.223 e. The van der Waals surface area contributed by atoms with Crippen molar-refractivity contribution < 1.29 is 15.6 Å². The highest BCUT2D eigenvalue weighted by atomic mass is 32.1. The largest absolute Gasteiger partial charge is 0.481 e. The van der Waals surface area contributed by atoms with E-state index in [1.165, 1.54) is 31.7 Å². The average Bonchev–Trinajstić information content (AvgIpc) is 3.11.